The Kier molecular flexibility index (Phi) is 5.89. The fourth-order valence-electron chi connectivity index (χ4n) is 2.74. The van der Waals surface area contributed by atoms with Gasteiger partial charge in [-0.25, -0.2) is 9.97 Å². The van der Waals surface area contributed by atoms with Gasteiger partial charge >= 0.3 is 15.2 Å². The quantitative estimate of drug-likeness (QED) is 0.299. The number of rotatable bonds is 7. The number of hydrogen-bond donors (Lipinski definition) is 6. The number of nitrogens with zero attached hydrogens (tertiary/aromatic N) is 2. The first kappa shape index (κ1) is 21.5. The van der Waals surface area contributed by atoms with Gasteiger partial charge in [-0.15, -0.1) is 0 Å². The number of aromatic nitrogens is 2. The number of para-hydroxylation sites is 1. The highest BCUT2D eigenvalue weighted by Crippen LogP contribution is 2.68. The van der Waals surface area contributed by atoms with Crippen molar-refractivity contribution >= 4 is 31.9 Å². The van der Waals surface area contributed by atoms with Gasteiger partial charge in [-0.3, -0.25) is 9.13 Å². The molecule has 10 nitrogen and oxygen atoms in total. The van der Waals surface area contributed by atoms with Gasteiger partial charge in [-0.1, -0.05) is 42.5 Å². The molecule has 3 rings (SSSR count). The van der Waals surface area contributed by atoms with E-state index >= 15 is 0 Å². The number of benzene rings is 2. The number of anilines is 1. The molecule has 2 aromatic carbocycles. The Bertz CT molecular complexity index is 1090. The third-order valence-electron chi connectivity index (χ3n) is 4.32. The molecule has 0 unspecified atom stereocenters. The molecule has 12 heteroatoms. The maximum absolute atomic E-state index is 11.5. The van der Waals surface area contributed by atoms with Gasteiger partial charge in [0.15, 0.2) is 5.82 Å². The molecule has 0 aliphatic heterocycles. The van der Waals surface area contributed by atoms with Crippen LogP contribution >= 0.6 is 15.2 Å². The van der Waals surface area contributed by atoms with E-state index in [0.29, 0.717) is 22.5 Å². The summed E-state index contributed by atoms with van der Waals surface area (Å²) in [4.78, 5) is 45.9. The number of fused-ring (bicyclic) bond motifs is 1. The molecule has 1 aromatic heterocycles. The molecule has 0 radical (unpaired) electrons. The minimum atomic E-state index is -5.52. The predicted molar refractivity (Wildman–Crippen MR) is 107 cm³/mol. The van der Waals surface area contributed by atoms with Crippen LogP contribution in [0.25, 0.3) is 22.3 Å². The van der Waals surface area contributed by atoms with Gasteiger partial charge in [0.05, 0.1) is 5.52 Å². The summed E-state index contributed by atoms with van der Waals surface area (Å²) in [6.45, 7) is -0.359. The van der Waals surface area contributed by atoms with Crippen molar-refractivity contribution in [2.45, 2.75) is 11.5 Å². The Morgan fingerprint density at radius 2 is 1.45 bits per heavy atom. The van der Waals surface area contributed by atoms with Gasteiger partial charge in [0.2, 0.25) is 0 Å². The summed E-state index contributed by atoms with van der Waals surface area (Å²) in [5.41, 5.74) is 1.34. The monoisotopic (exact) mass is 439 g/mol. The van der Waals surface area contributed by atoms with Crippen LogP contribution in [-0.2, 0) is 9.13 Å². The molecule has 154 valence electrons. The van der Waals surface area contributed by atoms with Crippen LogP contribution in [0.3, 0.4) is 0 Å². The highest BCUT2D eigenvalue weighted by atomic mass is 31.2. The lowest BCUT2D eigenvalue weighted by Crippen LogP contribution is -2.31. The van der Waals surface area contributed by atoms with Crippen molar-refractivity contribution in [1.29, 1.82) is 0 Å². The molecular formula is C17H19N3O7P2. The smallest absolute Gasteiger partial charge is 0.369 e. The standard InChI is InChI=1S/C17H19N3O7P2/c21-17(28(22,23)24,29(25,26)27)10-11-18-16-13-8-4-5-9-14(13)19-15(20-16)12-6-2-1-3-7-12/h1-9,21H,10-11H2,(H,18,19,20)(H2,22,23,24)(H2,25,26,27). The molecule has 0 saturated carbocycles. The molecule has 0 aliphatic carbocycles. The lowest BCUT2D eigenvalue weighted by Gasteiger charge is -2.29. The minimum absolute atomic E-state index is 0.299. The van der Waals surface area contributed by atoms with E-state index in [-0.39, 0.29) is 6.54 Å². The summed E-state index contributed by atoms with van der Waals surface area (Å²) < 4.78 is 23.0. The maximum Gasteiger partial charge on any atom is 0.369 e. The minimum Gasteiger partial charge on any atom is -0.369 e. The molecule has 3 aromatic rings. The van der Waals surface area contributed by atoms with E-state index in [2.05, 4.69) is 15.3 Å². The molecule has 1 heterocycles. The summed E-state index contributed by atoms with van der Waals surface area (Å²) in [5.74, 6) is 0.695. The lowest BCUT2D eigenvalue weighted by atomic mass is 10.2. The zero-order chi connectivity index (χ0) is 21.3. The highest BCUT2D eigenvalue weighted by molar-refractivity contribution is 7.72. The van der Waals surface area contributed by atoms with Gasteiger partial charge in [0.1, 0.15) is 5.82 Å². The molecule has 0 aliphatic rings. The first-order valence-corrected chi connectivity index (χ1v) is 11.7. The van der Waals surface area contributed by atoms with Crippen molar-refractivity contribution in [2.24, 2.45) is 0 Å². The van der Waals surface area contributed by atoms with Gasteiger partial charge in [-0.05, 0) is 12.1 Å². The van der Waals surface area contributed by atoms with E-state index in [9.17, 15) is 33.8 Å². The van der Waals surface area contributed by atoms with Gasteiger partial charge in [0, 0.05) is 23.9 Å². The number of aliphatic hydroxyl groups is 1. The van der Waals surface area contributed by atoms with Gasteiger partial charge in [-0.2, -0.15) is 0 Å². The average molecular weight is 439 g/mol. The zero-order valence-electron chi connectivity index (χ0n) is 15.0. The second kappa shape index (κ2) is 7.93. The van der Waals surface area contributed by atoms with E-state index in [1.165, 1.54) is 0 Å². The van der Waals surface area contributed by atoms with Crippen LogP contribution in [0.15, 0.2) is 54.6 Å². The molecule has 29 heavy (non-hydrogen) atoms. The first-order valence-electron chi connectivity index (χ1n) is 8.43. The summed E-state index contributed by atoms with van der Waals surface area (Å²) in [7, 11) is -11.0. The fraction of sp³-hybridized carbons (Fsp3) is 0.176. The maximum atomic E-state index is 11.5. The summed E-state index contributed by atoms with van der Waals surface area (Å²) in [6.07, 6.45) is -0.902. The zero-order valence-corrected chi connectivity index (χ0v) is 16.7. The van der Waals surface area contributed by atoms with E-state index in [0.717, 1.165) is 5.56 Å². The summed E-state index contributed by atoms with van der Waals surface area (Å²) >= 11 is 0. The Hall–Kier alpha value is -2.16. The van der Waals surface area contributed by atoms with Crippen molar-refractivity contribution in [3.05, 3.63) is 54.6 Å². The lowest BCUT2D eigenvalue weighted by molar-refractivity contribution is 0.126. The normalized spacial score (nSPS) is 12.9. The third kappa shape index (κ3) is 4.39. The van der Waals surface area contributed by atoms with E-state index in [1.807, 2.05) is 30.3 Å². The largest absolute Gasteiger partial charge is 0.369 e. The van der Waals surface area contributed by atoms with Crippen molar-refractivity contribution in [3.8, 4) is 11.4 Å². The number of hydrogen-bond acceptors (Lipinski definition) is 6. The second-order valence-corrected chi connectivity index (χ2v) is 10.3. The topological polar surface area (TPSA) is 173 Å². The van der Waals surface area contributed by atoms with Crippen LogP contribution in [-0.4, -0.2) is 46.3 Å². The fourth-order valence-corrected chi connectivity index (χ4v) is 4.90. The Morgan fingerprint density at radius 1 is 0.862 bits per heavy atom. The van der Waals surface area contributed by atoms with Gasteiger partial charge < -0.3 is 30.0 Å². The first-order chi connectivity index (χ1) is 13.5. The van der Waals surface area contributed by atoms with Gasteiger partial charge in [0.25, 0.3) is 5.08 Å². The summed E-state index contributed by atoms with van der Waals surface area (Å²) in [6, 6.07) is 16.1. The Morgan fingerprint density at radius 3 is 2.07 bits per heavy atom. The highest BCUT2D eigenvalue weighted by Gasteiger charge is 2.58. The Labute approximate surface area is 165 Å². The molecule has 0 bridgehead atoms. The molecule has 0 amide bonds. The van der Waals surface area contributed by atoms with Crippen LogP contribution in [0, 0.1) is 0 Å². The van der Waals surface area contributed by atoms with E-state index in [1.54, 1.807) is 24.3 Å². The van der Waals surface area contributed by atoms with Crippen LogP contribution < -0.4 is 5.32 Å². The van der Waals surface area contributed by atoms with Crippen LogP contribution in [0.5, 0.6) is 0 Å². The van der Waals surface area contributed by atoms with Crippen molar-refractivity contribution in [2.75, 3.05) is 11.9 Å². The molecule has 0 atom stereocenters. The number of nitrogens with one attached hydrogen (secondary N) is 1. The molecule has 0 saturated heterocycles. The van der Waals surface area contributed by atoms with Crippen molar-refractivity contribution in [1.82, 2.24) is 9.97 Å². The van der Waals surface area contributed by atoms with Crippen LogP contribution in [0.2, 0.25) is 0 Å². The SMILES string of the molecule is O=P(O)(O)C(O)(CCNc1nc(-c2ccccc2)nc2ccccc12)P(=O)(O)O. The second-order valence-electron chi connectivity index (χ2n) is 6.32. The van der Waals surface area contributed by atoms with Crippen LogP contribution in [0.4, 0.5) is 5.82 Å². The molecule has 6 N–H and O–H groups in total. The summed E-state index contributed by atoms with van der Waals surface area (Å²) in [5, 5.41) is 9.92. The molecule has 0 fully saturated rings. The van der Waals surface area contributed by atoms with E-state index < -0.39 is 26.7 Å². The van der Waals surface area contributed by atoms with Crippen molar-refractivity contribution in [3.63, 3.8) is 0 Å². The van der Waals surface area contributed by atoms with Crippen molar-refractivity contribution < 1.29 is 33.8 Å². The average Bonchev–Trinajstić information content (AvgIpc) is 2.66. The third-order valence-corrected chi connectivity index (χ3v) is 8.20. The van der Waals surface area contributed by atoms with Crippen LogP contribution in [0.1, 0.15) is 6.42 Å². The van der Waals surface area contributed by atoms with E-state index in [4.69, 9.17) is 0 Å². The predicted octanol–water partition coefficient (Wildman–Crippen LogP) is 2.10. The molecular weight excluding hydrogens is 420 g/mol. The molecule has 0 spiro atoms. The Balaban J connectivity index is 1.94.